The van der Waals surface area contributed by atoms with Gasteiger partial charge < -0.3 is 4.74 Å². The molecule has 1 heterocycles. The highest BCUT2D eigenvalue weighted by atomic mass is 32.1. The Balaban J connectivity index is 1.72. The molecule has 0 radical (unpaired) electrons. The van der Waals surface area contributed by atoms with Crippen LogP contribution in [0.2, 0.25) is 0 Å². The van der Waals surface area contributed by atoms with E-state index in [0.717, 1.165) is 33.0 Å². The summed E-state index contributed by atoms with van der Waals surface area (Å²) in [5.41, 5.74) is 3.62. The lowest BCUT2D eigenvalue weighted by Crippen LogP contribution is -1.87. The van der Waals surface area contributed by atoms with Crippen LogP contribution in [0.3, 0.4) is 0 Å². The number of thiazole rings is 1. The highest BCUT2D eigenvalue weighted by Gasteiger charge is 2.15. The molecule has 0 fully saturated rings. The smallest absolute Gasteiger partial charge is 0.269 e. The molecule has 30 heavy (non-hydrogen) atoms. The van der Waals surface area contributed by atoms with Crippen molar-refractivity contribution in [1.82, 2.24) is 4.98 Å². The molecule has 0 aliphatic rings. The van der Waals surface area contributed by atoms with Crippen LogP contribution in [0.5, 0.6) is 5.75 Å². The van der Waals surface area contributed by atoms with Crippen LogP contribution in [0, 0.1) is 10.1 Å². The summed E-state index contributed by atoms with van der Waals surface area (Å²) in [4.78, 5) is 20.8. The summed E-state index contributed by atoms with van der Waals surface area (Å²) >= 11 is 1.45. The second-order valence-corrected chi connectivity index (χ2v) is 7.35. The lowest BCUT2D eigenvalue weighted by Gasteiger charge is -2.02. The Labute approximate surface area is 177 Å². The number of benzene rings is 3. The van der Waals surface area contributed by atoms with Crippen molar-refractivity contribution in [2.24, 2.45) is 4.99 Å². The molecule has 4 rings (SSSR count). The number of aliphatic imine (C=N–C) groups is 1. The Hall–Kier alpha value is -3.84. The van der Waals surface area contributed by atoms with Gasteiger partial charge in [-0.1, -0.05) is 41.7 Å². The third-order valence-corrected chi connectivity index (χ3v) is 5.46. The SMILES string of the molecule is COc1ccc(C=Nc2nc(-c3ccccc3)c(-c3ccc([N+](=O)[O-])cc3)s2)cc1. The average molecular weight is 415 g/mol. The molecule has 0 unspecified atom stereocenters. The second-order valence-electron chi connectivity index (χ2n) is 6.38. The van der Waals surface area contributed by atoms with Gasteiger partial charge in [-0.2, -0.15) is 0 Å². The van der Waals surface area contributed by atoms with Gasteiger partial charge in [-0.15, -0.1) is 0 Å². The van der Waals surface area contributed by atoms with Gasteiger partial charge in [-0.05, 0) is 47.5 Å². The average Bonchev–Trinajstić information content (AvgIpc) is 3.23. The van der Waals surface area contributed by atoms with E-state index in [4.69, 9.17) is 9.72 Å². The Morgan fingerprint density at radius 2 is 1.67 bits per heavy atom. The number of ether oxygens (including phenoxy) is 1. The van der Waals surface area contributed by atoms with Crippen molar-refractivity contribution in [3.8, 4) is 27.4 Å². The monoisotopic (exact) mass is 415 g/mol. The Morgan fingerprint density at radius 3 is 2.30 bits per heavy atom. The van der Waals surface area contributed by atoms with Gasteiger partial charge in [0.25, 0.3) is 5.69 Å². The van der Waals surface area contributed by atoms with E-state index in [0.29, 0.717) is 5.13 Å². The molecule has 0 aliphatic carbocycles. The van der Waals surface area contributed by atoms with Crippen molar-refractivity contribution in [3.63, 3.8) is 0 Å². The Morgan fingerprint density at radius 1 is 0.967 bits per heavy atom. The van der Waals surface area contributed by atoms with Gasteiger partial charge in [-0.25, -0.2) is 9.98 Å². The first kappa shape index (κ1) is 19.5. The van der Waals surface area contributed by atoms with E-state index >= 15 is 0 Å². The fraction of sp³-hybridized carbons (Fsp3) is 0.0435. The van der Waals surface area contributed by atoms with E-state index in [1.165, 1.54) is 23.5 Å². The van der Waals surface area contributed by atoms with Crippen LogP contribution in [0.25, 0.3) is 21.7 Å². The molecule has 1 aromatic heterocycles. The third-order valence-electron chi connectivity index (χ3n) is 4.44. The minimum absolute atomic E-state index is 0.0577. The molecule has 6 nitrogen and oxygen atoms in total. The minimum Gasteiger partial charge on any atom is -0.497 e. The second kappa shape index (κ2) is 8.67. The van der Waals surface area contributed by atoms with Crippen LogP contribution in [-0.2, 0) is 0 Å². The summed E-state index contributed by atoms with van der Waals surface area (Å²) in [6.45, 7) is 0. The van der Waals surface area contributed by atoms with Crippen molar-refractivity contribution in [2.45, 2.75) is 0 Å². The van der Waals surface area contributed by atoms with Crippen LogP contribution in [0.1, 0.15) is 5.56 Å². The van der Waals surface area contributed by atoms with Crippen LogP contribution in [-0.4, -0.2) is 23.2 Å². The molecule has 0 amide bonds. The summed E-state index contributed by atoms with van der Waals surface area (Å²) in [5, 5.41) is 11.6. The van der Waals surface area contributed by atoms with Gasteiger partial charge in [0.1, 0.15) is 5.75 Å². The molecule has 0 aliphatic heterocycles. The molecule has 0 N–H and O–H groups in total. The summed E-state index contributed by atoms with van der Waals surface area (Å²) in [7, 11) is 1.63. The Kier molecular flexibility index (Phi) is 5.63. The predicted octanol–water partition coefficient (Wildman–Crippen LogP) is 6.14. The van der Waals surface area contributed by atoms with E-state index in [1.807, 2.05) is 54.6 Å². The predicted molar refractivity (Wildman–Crippen MR) is 120 cm³/mol. The van der Waals surface area contributed by atoms with Crippen molar-refractivity contribution < 1.29 is 9.66 Å². The summed E-state index contributed by atoms with van der Waals surface area (Å²) < 4.78 is 5.18. The van der Waals surface area contributed by atoms with Gasteiger partial charge in [0.05, 0.1) is 22.6 Å². The lowest BCUT2D eigenvalue weighted by molar-refractivity contribution is -0.384. The number of nitro groups is 1. The molecule has 0 saturated carbocycles. The summed E-state index contributed by atoms with van der Waals surface area (Å²) in [6.07, 6.45) is 1.76. The van der Waals surface area contributed by atoms with E-state index in [1.54, 1.807) is 25.5 Å². The Bertz CT molecular complexity index is 1180. The fourth-order valence-electron chi connectivity index (χ4n) is 2.91. The number of non-ortho nitro benzene ring substituents is 1. The van der Waals surface area contributed by atoms with Crippen LogP contribution >= 0.6 is 11.3 Å². The zero-order valence-electron chi connectivity index (χ0n) is 16.1. The highest BCUT2D eigenvalue weighted by Crippen LogP contribution is 2.40. The normalized spacial score (nSPS) is 11.0. The standard InChI is InChI=1S/C23H17N3O3S/c1-29-20-13-7-16(8-14-20)15-24-23-25-21(17-5-3-2-4-6-17)22(30-23)18-9-11-19(12-10-18)26(27)28/h2-15H,1H3. The van der Waals surface area contributed by atoms with Gasteiger partial charge in [0, 0.05) is 23.9 Å². The summed E-state index contributed by atoms with van der Waals surface area (Å²) in [6, 6.07) is 23.9. The maximum absolute atomic E-state index is 11.0. The van der Waals surface area contributed by atoms with Crippen molar-refractivity contribution >= 4 is 28.4 Å². The van der Waals surface area contributed by atoms with Gasteiger partial charge >= 0.3 is 0 Å². The molecule has 3 aromatic carbocycles. The van der Waals surface area contributed by atoms with Gasteiger partial charge in [-0.3, -0.25) is 10.1 Å². The topological polar surface area (TPSA) is 77.6 Å². The van der Waals surface area contributed by atoms with Crippen LogP contribution in [0.4, 0.5) is 10.8 Å². The van der Waals surface area contributed by atoms with Crippen molar-refractivity contribution in [3.05, 3.63) is 94.5 Å². The largest absolute Gasteiger partial charge is 0.497 e. The number of hydrogen-bond acceptors (Lipinski definition) is 6. The van der Waals surface area contributed by atoms with Crippen molar-refractivity contribution in [2.75, 3.05) is 7.11 Å². The number of rotatable bonds is 6. The summed E-state index contributed by atoms with van der Waals surface area (Å²) in [5.74, 6) is 0.785. The molecule has 0 saturated heterocycles. The number of methoxy groups -OCH3 is 1. The first-order chi connectivity index (χ1) is 14.6. The van der Waals surface area contributed by atoms with E-state index in [-0.39, 0.29) is 5.69 Å². The number of nitrogens with zero attached hydrogens (tertiary/aromatic N) is 3. The molecule has 7 heteroatoms. The van der Waals surface area contributed by atoms with E-state index < -0.39 is 4.92 Å². The molecule has 0 atom stereocenters. The van der Waals surface area contributed by atoms with Gasteiger partial charge in [0.15, 0.2) is 0 Å². The fourth-order valence-corrected chi connectivity index (χ4v) is 3.84. The maximum Gasteiger partial charge on any atom is 0.269 e. The first-order valence-electron chi connectivity index (χ1n) is 9.13. The molecule has 4 aromatic rings. The first-order valence-corrected chi connectivity index (χ1v) is 9.95. The van der Waals surface area contributed by atoms with Crippen LogP contribution < -0.4 is 4.74 Å². The number of hydrogen-bond donors (Lipinski definition) is 0. The van der Waals surface area contributed by atoms with E-state index in [9.17, 15) is 10.1 Å². The quantitative estimate of drug-likeness (QED) is 0.215. The highest BCUT2D eigenvalue weighted by molar-refractivity contribution is 7.19. The van der Waals surface area contributed by atoms with Gasteiger partial charge in [0.2, 0.25) is 5.13 Å². The van der Waals surface area contributed by atoms with Crippen molar-refractivity contribution in [1.29, 1.82) is 0 Å². The van der Waals surface area contributed by atoms with Crippen LogP contribution in [0.15, 0.2) is 83.9 Å². The number of aromatic nitrogens is 1. The zero-order valence-corrected chi connectivity index (χ0v) is 16.9. The minimum atomic E-state index is -0.404. The molecular formula is C23H17N3O3S. The van der Waals surface area contributed by atoms with E-state index in [2.05, 4.69) is 4.99 Å². The lowest BCUT2D eigenvalue weighted by atomic mass is 10.1. The third kappa shape index (κ3) is 4.26. The number of nitro benzene ring substituents is 1. The molecule has 0 spiro atoms. The molecule has 0 bridgehead atoms. The molecule has 148 valence electrons. The maximum atomic E-state index is 11.0. The molecular weight excluding hydrogens is 398 g/mol. The zero-order chi connectivity index (χ0) is 20.9.